The minimum atomic E-state index is 0.0241. The van der Waals surface area contributed by atoms with Crippen LogP contribution in [0.15, 0.2) is 60.0 Å². The Morgan fingerprint density at radius 2 is 1.87 bits per heavy atom. The van der Waals surface area contributed by atoms with E-state index in [1.54, 1.807) is 25.6 Å². The van der Waals surface area contributed by atoms with Gasteiger partial charge in [-0.1, -0.05) is 36.4 Å². The summed E-state index contributed by atoms with van der Waals surface area (Å²) in [6.45, 7) is 1.70. The third-order valence-corrected chi connectivity index (χ3v) is 6.39. The molecule has 156 valence electrons. The quantitative estimate of drug-likeness (QED) is 0.625. The number of fused-ring (bicyclic) bond motifs is 1. The van der Waals surface area contributed by atoms with Crippen LogP contribution >= 0.6 is 11.3 Å². The topological polar surface area (TPSA) is 50.8 Å². The molecule has 0 saturated carbocycles. The normalized spacial score (nSPS) is 16.0. The van der Waals surface area contributed by atoms with Crippen molar-refractivity contribution in [2.45, 2.75) is 19.0 Å². The van der Waals surface area contributed by atoms with Gasteiger partial charge in [-0.2, -0.15) is 0 Å². The molecule has 1 aliphatic heterocycles. The molecule has 1 amide bonds. The molecule has 1 atom stereocenters. The molecule has 2 aromatic carbocycles. The zero-order valence-electron chi connectivity index (χ0n) is 17.3. The molecule has 0 spiro atoms. The Kier molecular flexibility index (Phi) is 6.35. The molecule has 6 heteroatoms. The molecule has 3 aromatic rings. The number of carbonyl (C=O) groups is 1. The number of rotatable bonds is 7. The lowest BCUT2D eigenvalue weighted by molar-refractivity contribution is -0.122. The van der Waals surface area contributed by atoms with Crippen LogP contribution in [0.4, 0.5) is 0 Å². The smallest absolute Gasteiger partial charge is 0.234 e. The maximum Gasteiger partial charge on any atom is 0.234 e. The predicted molar refractivity (Wildman–Crippen MR) is 119 cm³/mol. The number of thiophene rings is 1. The average Bonchev–Trinajstić information content (AvgIpc) is 3.31. The van der Waals surface area contributed by atoms with E-state index in [9.17, 15) is 4.79 Å². The first-order chi connectivity index (χ1) is 14.7. The summed E-state index contributed by atoms with van der Waals surface area (Å²) in [5.41, 5.74) is 3.52. The molecule has 30 heavy (non-hydrogen) atoms. The van der Waals surface area contributed by atoms with Crippen LogP contribution in [0.5, 0.6) is 11.5 Å². The zero-order valence-corrected chi connectivity index (χ0v) is 18.1. The Morgan fingerprint density at radius 3 is 2.57 bits per heavy atom. The van der Waals surface area contributed by atoms with E-state index < -0.39 is 0 Å². The SMILES string of the molecule is COc1cc2c(cc1OC)C(c1cccs1)N(CC(=O)NCc1ccccc1)CC2. The molecule has 1 N–H and O–H groups in total. The minimum absolute atomic E-state index is 0.0241. The van der Waals surface area contributed by atoms with Crippen LogP contribution in [0, 0.1) is 0 Å². The van der Waals surface area contributed by atoms with E-state index in [-0.39, 0.29) is 11.9 Å². The van der Waals surface area contributed by atoms with Crippen molar-refractivity contribution in [1.82, 2.24) is 10.2 Å². The first-order valence-corrected chi connectivity index (χ1v) is 10.9. The Hall–Kier alpha value is -2.83. The second-order valence-electron chi connectivity index (χ2n) is 7.31. The summed E-state index contributed by atoms with van der Waals surface area (Å²) in [5.74, 6) is 1.49. The number of nitrogens with one attached hydrogen (secondary N) is 1. The number of hydrogen-bond donors (Lipinski definition) is 1. The Balaban J connectivity index is 1.57. The van der Waals surface area contributed by atoms with Crippen molar-refractivity contribution in [3.05, 3.63) is 81.5 Å². The van der Waals surface area contributed by atoms with Gasteiger partial charge in [-0.05, 0) is 46.7 Å². The lowest BCUT2D eigenvalue weighted by Gasteiger charge is -2.37. The number of carbonyl (C=O) groups excluding carboxylic acids is 1. The van der Waals surface area contributed by atoms with Crippen LogP contribution < -0.4 is 14.8 Å². The second kappa shape index (κ2) is 9.32. The summed E-state index contributed by atoms with van der Waals surface area (Å²) >= 11 is 1.71. The molecule has 1 aromatic heterocycles. The van der Waals surface area contributed by atoms with Gasteiger partial charge in [-0.25, -0.2) is 0 Å². The predicted octanol–water partition coefficient (Wildman–Crippen LogP) is 4.03. The lowest BCUT2D eigenvalue weighted by Crippen LogP contribution is -2.42. The fourth-order valence-electron chi connectivity index (χ4n) is 3.98. The zero-order chi connectivity index (χ0) is 20.9. The number of nitrogens with zero attached hydrogens (tertiary/aromatic N) is 1. The van der Waals surface area contributed by atoms with Crippen molar-refractivity contribution < 1.29 is 14.3 Å². The fourth-order valence-corrected chi connectivity index (χ4v) is 4.86. The second-order valence-corrected chi connectivity index (χ2v) is 8.29. The Labute approximate surface area is 181 Å². The van der Waals surface area contributed by atoms with Gasteiger partial charge in [0.15, 0.2) is 11.5 Å². The molecule has 1 aliphatic rings. The molecular weight excluding hydrogens is 396 g/mol. The van der Waals surface area contributed by atoms with Gasteiger partial charge in [0.05, 0.1) is 26.8 Å². The van der Waals surface area contributed by atoms with E-state index in [1.165, 1.54) is 16.0 Å². The number of hydrogen-bond acceptors (Lipinski definition) is 5. The highest BCUT2D eigenvalue weighted by Gasteiger charge is 2.32. The molecule has 0 bridgehead atoms. The Morgan fingerprint density at radius 1 is 1.10 bits per heavy atom. The molecule has 0 saturated heterocycles. The first kappa shape index (κ1) is 20.4. The maximum absolute atomic E-state index is 12.7. The van der Waals surface area contributed by atoms with Crippen LogP contribution in [-0.4, -0.2) is 38.1 Å². The van der Waals surface area contributed by atoms with Gasteiger partial charge in [0.2, 0.25) is 5.91 Å². The third-order valence-electron chi connectivity index (χ3n) is 5.47. The van der Waals surface area contributed by atoms with Crippen LogP contribution in [-0.2, 0) is 17.8 Å². The van der Waals surface area contributed by atoms with Crippen LogP contribution in [0.3, 0.4) is 0 Å². The van der Waals surface area contributed by atoms with E-state index in [2.05, 4.69) is 39.9 Å². The van der Waals surface area contributed by atoms with Crippen molar-refractivity contribution >= 4 is 17.2 Å². The largest absolute Gasteiger partial charge is 0.493 e. The minimum Gasteiger partial charge on any atom is -0.493 e. The first-order valence-electron chi connectivity index (χ1n) is 10.0. The number of benzene rings is 2. The van der Waals surface area contributed by atoms with Crippen LogP contribution in [0.25, 0.3) is 0 Å². The van der Waals surface area contributed by atoms with Crippen molar-refractivity contribution in [2.75, 3.05) is 27.3 Å². The Bertz CT molecular complexity index is 989. The maximum atomic E-state index is 12.7. The average molecular weight is 423 g/mol. The molecular formula is C24H26N2O3S. The van der Waals surface area contributed by atoms with Gasteiger partial charge in [-0.15, -0.1) is 11.3 Å². The molecule has 0 fully saturated rings. The molecule has 0 radical (unpaired) electrons. The summed E-state index contributed by atoms with van der Waals surface area (Å²) in [6, 6.07) is 18.3. The fraction of sp³-hybridized carbons (Fsp3) is 0.292. The highest BCUT2D eigenvalue weighted by atomic mass is 32.1. The summed E-state index contributed by atoms with van der Waals surface area (Å²) < 4.78 is 11.0. The van der Waals surface area contributed by atoms with Gasteiger partial charge in [0.1, 0.15) is 0 Å². The van der Waals surface area contributed by atoms with E-state index in [1.807, 2.05) is 30.3 Å². The summed E-state index contributed by atoms with van der Waals surface area (Å²) in [4.78, 5) is 16.2. The van der Waals surface area contributed by atoms with Crippen LogP contribution in [0.1, 0.15) is 27.6 Å². The van der Waals surface area contributed by atoms with E-state index in [4.69, 9.17) is 9.47 Å². The van der Waals surface area contributed by atoms with Gasteiger partial charge in [-0.3, -0.25) is 9.69 Å². The van der Waals surface area contributed by atoms with Gasteiger partial charge in [0, 0.05) is 18.0 Å². The summed E-state index contributed by atoms with van der Waals surface area (Å²) in [5, 5.41) is 5.14. The number of ether oxygens (including phenoxy) is 2. The standard InChI is InChI=1S/C24H26N2O3S/c1-28-20-13-18-10-11-26(16-23(27)25-15-17-7-4-3-5-8-17)24(22-9-6-12-30-22)19(18)14-21(20)29-2/h3-9,12-14,24H,10-11,15-16H2,1-2H3,(H,25,27). The highest BCUT2D eigenvalue weighted by molar-refractivity contribution is 7.10. The molecule has 5 nitrogen and oxygen atoms in total. The van der Waals surface area contributed by atoms with Crippen molar-refractivity contribution in [3.63, 3.8) is 0 Å². The lowest BCUT2D eigenvalue weighted by atomic mass is 9.91. The molecule has 1 unspecified atom stereocenters. The summed E-state index contributed by atoms with van der Waals surface area (Å²) in [7, 11) is 3.31. The van der Waals surface area contributed by atoms with E-state index >= 15 is 0 Å². The van der Waals surface area contributed by atoms with Crippen LogP contribution in [0.2, 0.25) is 0 Å². The van der Waals surface area contributed by atoms with Gasteiger partial charge < -0.3 is 14.8 Å². The number of methoxy groups -OCH3 is 2. The van der Waals surface area contributed by atoms with E-state index in [0.717, 1.165) is 24.3 Å². The van der Waals surface area contributed by atoms with Crippen molar-refractivity contribution in [1.29, 1.82) is 0 Å². The number of amides is 1. The summed E-state index contributed by atoms with van der Waals surface area (Å²) in [6.07, 6.45) is 0.865. The molecule has 4 rings (SSSR count). The third kappa shape index (κ3) is 4.35. The van der Waals surface area contributed by atoms with Gasteiger partial charge in [0.25, 0.3) is 0 Å². The molecule has 0 aliphatic carbocycles. The van der Waals surface area contributed by atoms with E-state index in [0.29, 0.717) is 18.8 Å². The highest BCUT2D eigenvalue weighted by Crippen LogP contribution is 2.41. The van der Waals surface area contributed by atoms with Crippen molar-refractivity contribution in [2.24, 2.45) is 0 Å². The monoisotopic (exact) mass is 422 g/mol. The van der Waals surface area contributed by atoms with Crippen molar-refractivity contribution in [3.8, 4) is 11.5 Å². The van der Waals surface area contributed by atoms with Gasteiger partial charge >= 0.3 is 0 Å². The molecule has 2 heterocycles.